The lowest BCUT2D eigenvalue weighted by atomic mass is 9.97. The fourth-order valence-electron chi connectivity index (χ4n) is 2.53. The van der Waals surface area contributed by atoms with Crippen molar-refractivity contribution >= 4 is 39.0 Å². The molecule has 23 heavy (non-hydrogen) atoms. The maximum atomic E-state index is 11.5. The lowest BCUT2D eigenvalue weighted by Gasteiger charge is -2.09. The third-order valence-electron chi connectivity index (χ3n) is 3.57. The Morgan fingerprint density at radius 3 is 2.57 bits per heavy atom. The van der Waals surface area contributed by atoms with E-state index in [2.05, 4.69) is 11.1 Å². The Kier molecular flexibility index (Phi) is 3.60. The molecule has 0 saturated heterocycles. The van der Waals surface area contributed by atoms with Crippen molar-refractivity contribution in [2.24, 2.45) is 5.73 Å². The van der Waals surface area contributed by atoms with Crippen LogP contribution in [0.5, 0.6) is 0 Å². The summed E-state index contributed by atoms with van der Waals surface area (Å²) in [5.74, 6) is -0.489. The Balaban J connectivity index is 2.32. The fourth-order valence-corrected chi connectivity index (χ4v) is 3.52. The molecule has 1 aromatic carbocycles. The Hall–Kier alpha value is -3.11. The molecule has 6 nitrogen and oxygen atoms in total. The van der Waals surface area contributed by atoms with Gasteiger partial charge in [0.25, 0.3) is 5.91 Å². The number of thiophene rings is 1. The van der Waals surface area contributed by atoms with Crippen LogP contribution in [0.15, 0.2) is 30.3 Å². The lowest BCUT2D eigenvalue weighted by molar-refractivity contribution is 0.100. The van der Waals surface area contributed by atoms with Crippen LogP contribution in [0.2, 0.25) is 0 Å². The molecule has 0 spiro atoms. The highest BCUT2D eigenvalue weighted by molar-refractivity contribution is 7.21. The van der Waals surface area contributed by atoms with Gasteiger partial charge in [-0.25, -0.2) is 4.98 Å². The van der Waals surface area contributed by atoms with E-state index in [0.717, 1.165) is 16.9 Å². The number of carbonyl (C=O) groups is 1. The molecule has 114 valence electrons. The molecule has 0 unspecified atom stereocenters. The number of hydrogen-bond acceptors (Lipinski definition) is 6. The zero-order valence-corrected chi connectivity index (χ0v) is 12.9. The van der Waals surface area contributed by atoms with Crippen molar-refractivity contribution in [3.8, 4) is 6.07 Å². The number of nitrogen functional groups attached to an aromatic ring is 2. The highest BCUT2D eigenvalue weighted by Gasteiger charge is 2.22. The van der Waals surface area contributed by atoms with Gasteiger partial charge < -0.3 is 17.2 Å². The first-order chi connectivity index (χ1) is 11.0. The number of carbonyl (C=O) groups excluding carboxylic acids is 1. The van der Waals surface area contributed by atoms with E-state index in [9.17, 15) is 10.1 Å². The number of anilines is 2. The van der Waals surface area contributed by atoms with Crippen molar-refractivity contribution < 1.29 is 4.79 Å². The third-order valence-corrected chi connectivity index (χ3v) is 4.68. The van der Waals surface area contributed by atoms with Gasteiger partial charge in [0.2, 0.25) is 0 Å². The summed E-state index contributed by atoms with van der Waals surface area (Å²) in [5, 5.41) is 10.0. The predicted molar refractivity (Wildman–Crippen MR) is 90.9 cm³/mol. The largest absolute Gasteiger partial charge is 0.397 e. The van der Waals surface area contributed by atoms with E-state index in [-0.39, 0.29) is 21.9 Å². The lowest BCUT2D eigenvalue weighted by Crippen LogP contribution is -2.11. The second kappa shape index (κ2) is 5.59. The van der Waals surface area contributed by atoms with Gasteiger partial charge in [-0.1, -0.05) is 30.3 Å². The molecule has 0 atom stereocenters. The summed E-state index contributed by atoms with van der Waals surface area (Å²) in [6, 6.07) is 11.7. The van der Waals surface area contributed by atoms with Crippen LogP contribution in [0.3, 0.4) is 0 Å². The van der Waals surface area contributed by atoms with E-state index < -0.39 is 5.91 Å². The molecule has 6 N–H and O–H groups in total. The van der Waals surface area contributed by atoms with E-state index in [1.807, 2.05) is 30.3 Å². The molecule has 3 rings (SSSR count). The van der Waals surface area contributed by atoms with Crippen LogP contribution in [0.25, 0.3) is 10.2 Å². The molecule has 0 saturated carbocycles. The second-order valence-corrected chi connectivity index (χ2v) is 6.01. The van der Waals surface area contributed by atoms with E-state index >= 15 is 0 Å². The minimum absolute atomic E-state index is 0.128. The van der Waals surface area contributed by atoms with Gasteiger partial charge in [-0.05, 0) is 17.5 Å². The Bertz CT molecular complexity index is 956. The molecule has 2 aromatic heterocycles. The zero-order chi connectivity index (χ0) is 16.6. The van der Waals surface area contributed by atoms with Crippen molar-refractivity contribution in [2.45, 2.75) is 6.42 Å². The standard InChI is InChI=1S/C16H13N5OS/c17-7-10-9(6-8-4-2-1-3-5-8)11-12(18)13(15(20)22)23-16(11)21-14(10)19/h1-5H,6,18H2,(H2,19,21)(H2,20,22). The molecule has 1 amide bonds. The average molecular weight is 323 g/mol. The monoisotopic (exact) mass is 323 g/mol. The summed E-state index contributed by atoms with van der Waals surface area (Å²) < 4.78 is 0. The first kappa shape index (κ1) is 14.8. The quantitative estimate of drug-likeness (QED) is 0.678. The number of rotatable bonds is 3. The molecule has 0 aliphatic carbocycles. The van der Waals surface area contributed by atoms with Gasteiger partial charge in [-0.15, -0.1) is 11.3 Å². The number of nitrogens with zero attached hydrogens (tertiary/aromatic N) is 2. The molecule has 7 heteroatoms. The number of hydrogen-bond donors (Lipinski definition) is 3. The number of amides is 1. The summed E-state index contributed by atoms with van der Waals surface area (Å²) in [4.78, 5) is 16.5. The minimum Gasteiger partial charge on any atom is -0.397 e. The zero-order valence-electron chi connectivity index (χ0n) is 12.0. The van der Waals surface area contributed by atoms with Gasteiger partial charge in [0.05, 0.1) is 11.3 Å². The summed E-state index contributed by atoms with van der Waals surface area (Å²) in [5.41, 5.74) is 19.6. The van der Waals surface area contributed by atoms with Crippen molar-refractivity contribution in [3.63, 3.8) is 0 Å². The highest BCUT2D eigenvalue weighted by atomic mass is 32.1. The highest BCUT2D eigenvalue weighted by Crippen LogP contribution is 2.38. The van der Waals surface area contributed by atoms with Crippen molar-refractivity contribution in [2.75, 3.05) is 11.5 Å². The number of aromatic nitrogens is 1. The predicted octanol–water partition coefficient (Wildman–Crippen LogP) is 2.02. The number of nitriles is 1. The minimum atomic E-state index is -0.617. The van der Waals surface area contributed by atoms with Gasteiger partial charge in [-0.3, -0.25) is 4.79 Å². The number of pyridine rings is 1. The molecule has 0 radical (unpaired) electrons. The van der Waals surface area contributed by atoms with Crippen LogP contribution in [0.4, 0.5) is 11.5 Å². The van der Waals surface area contributed by atoms with Gasteiger partial charge in [0.1, 0.15) is 21.6 Å². The molecule has 3 aromatic rings. The topological polar surface area (TPSA) is 132 Å². The van der Waals surface area contributed by atoms with E-state index in [1.54, 1.807) is 0 Å². The normalized spacial score (nSPS) is 10.6. The molecular formula is C16H13N5OS. The van der Waals surface area contributed by atoms with Crippen LogP contribution >= 0.6 is 11.3 Å². The maximum Gasteiger partial charge on any atom is 0.260 e. The first-order valence-electron chi connectivity index (χ1n) is 6.77. The van der Waals surface area contributed by atoms with Crippen molar-refractivity contribution in [1.29, 1.82) is 5.26 Å². The number of nitrogens with two attached hydrogens (primary N) is 3. The number of fused-ring (bicyclic) bond motifs is 1. The smallest absolute Gasteiger partial charge is 0.260 e. The van der Waals surface area contributed by atoms with E-state index in [4.69, 9.17) is 17.2 Å². The Labute approximate surface area is 136 Å². The summed E-state index contributed by atoms with van der Waals surface area (Å²) in [6.45, 7) is 0. The number of primary amides is 1. The summed E-state index contributed by atoms with van der Waals surface area (Å²) in [7, 11) is 0. The first-order valence-corrected chi connectivity index (χ1v) is 7.58. The van der Waals surface area contributed by atoms with Gasteiger partial charge >= 0.3 is 0 Å². The molecule has 0 fully saturated rings. The number of benzene rings is 1. The molecular weight excluding hydrogens is 310 g/mol. The SMILES string of the molecule is N#Cc1c(N)nc2sc(C(N)=O)c(N)c2c1Cc1ccccc1. The van der Waals surface area contributed by atoms with Crippen LogP contribution in [0, 0.1) is 11.3 Å². The van der Waals surface area contributed by atoms with Crippen LogP contribution in [-0.2, 0) is 6.42 Å². The molecule has 0 bridgehead atoms. The second-order valence-electron chi connectivity index (χ2n) is 5.01. The maximum absolute atomic E-state index is 11.5. The Morgan fingerprint density at radius 2 is 1.96 bits per heavy atom. The van der Waals surface area contributed by atoms with Gasteiger partial charge in [0, 0.05) is 5.39 Å². The van der Waals surface area contributed by atoms with Crippen LogP contribution in [0.1, 0.15) is 26.4 Å². The molecule has 2 heterocycles. The average Bonchev–Trinajstić information content (AvgIpc) is 2.85. The Morgan fingerprint density at radius 1 is 1.26 bits per heavy atom. The van der Waals surface area contributed by atoms with E-state index in [1.165, 1.54) is 0 Å². The third kappa shape index (κ3) is 2.45. The van der Waals surface area contributed by atoms with E-state index in [0.29, 0.717) is 22.2 Å². The fraction of sp³-hybridized carbons (Fsp3) is 0.0625. The summed E-state index contributed by atoms with van der Waals surface area (Å²) >= 11 is 1.09. The molecule has 0 aliphatic rings. The summed E-state index contributed by atoms with van der Waals surface area (Å²) in [6.07, 6.45) is 0.464. The van der Waals surface area contributed by atoms with Crippen LogP contribution < -0.4 is 17.2 Å². The van der Waals surface area contributed by atoms with Crippen molar-refractivity contribution in [1.82, 2.24) is 4.98 Å². The van der Waals surface area contributed by atoms with Crippen molar-refractivity contribution in [3.05, 3.63) is 51.9 Å². The van der Waals surface area contributed by atoms with Crippen LogP contribution in [-0.4, -0.2) is 10.9 Å². The van der Waals surface area contributed by atoms with Gasteiger partial charge in [-0.2, -0.15) is 5.26 Å². The van der Waals surface area contributed by atoms with Gasteiger partial charge in [0.15, 0.2) is 0 Å². The molecule has 0 aliphatic heterocycles.